The van der Waals surface area contributed by atoms with E-state index in [1.807, 2.05) is 77.9 Å². The molecule has 1 unspecified atom stereocenters. The highest BCUT2D eigenvalue weighted by atomic mass is 32.5. The van der Waals surface area contributed by atoms with Crippen molar-refractivity contribution >= 4 is 53.3 Å². The summed E-state index contributed by atoms with van der Waals surface area (Å²) in [5.74, 6) is 0.715. The third kappa shape index (κ3) is 7.63. The summed E-state index contributed by atoms with van der Waals surface area (Å²) in [4.78, 5) is 17.4. The molecule has 2 rings (SSSR count). The van der Waals surface area contributed by atoms with Gasteiger partial charge < -0.3 is 4.52 Å². The second-order valence-electron chi connectivity index (χ2n) is 6.10. The van der Waals surface area contributed by atoms with Crippen LogP contribution in [-0.2, 0) is 23.2 Å². The minimum Gasteiger partial charge on any atom is -0.452 e. The first kappa shape index (κ1) is 24.8. The van der Waals surface area contributed by atoms with Crippen LogP contribution in [0.5, 0.6) is 5.75 Å². The molecule has 0 saturated carbocycles. The van der Waals surface area contributed by atoms with Gasteiger partial charge in [-0.1, -0.05) is 60.6 Å². The van der Waals surface area contributed by atoms with Gasteiger partial charge in [-0.05, 0) is 42.7 Å². The minimum absolute atomic E-state index is 0.522. The number of carbonyl (C=O) groups excluding carboxylic acids is 1. The van der Waals surface area contributed by atoms with Gasteiger partial charge in [-0.3, -0.25) is 4.84 Å². The minimum atomic E-state index is -2.49. The molecule has 162 valence electrons. The molecule has 30 heavy (non-hydrogen) atoms. The van der Waals surface area contributed by atoms with Gasteiger partial charge >= 0.3 is 6.09 Å². The third-order valence-corrected chi connectivity index (χ3v) is 10.3. The summed E-state index contributed by atoms with van der Waals surface area (Å²) in [7, 11) is 1.63. The maximum Gasteiger partial charge on any atom is 0.446 e. The number of para-hydroxylation sites is 1. The van der Waals surface area contributed by atoms with Crippen LogP contribution in [0.2, 0.25) is 0 Å². The lowest BCUT2D eigenvalue weighted by Crippen LogP contribution is -2.27. The third-order valence-electron chi connectivity index (χ3n) is 3.91. The van der Waals surface area contributed by atoms with E-state index < -0.39 is 12.5 Å². The van der Waals surface area contributed by atoms with Crippen molar-refractivity contribution in [3.05, 3.63) is 66.2 Å². The van der Waals surface area contributed by atoms with E-state index in [9.17, 15) is 4.79 Å². The van der Waals surface area contributed by atoms with Crippen LogP contribution in [0.4, 0.5) is 4.79 Å². The van der Waals surface area contributed by atoms with E-state index in [1.165, 1.54) is 28.2 Å². The van der Waals surface area contributed by atoms with Crippen molar-refractivity contribution in [1.82, 2.24) is 8.38 Å². The highest BCUT2D eigenvalue weighted by molar-refractivity contribution is 8.17. The van der Waals surface area contributed by atoms with E-state index in [4.69, 9.17) is 21.2 Å². The summed E-state index contributed by atoms with van der Waals surface area (Å²) in [6, 6.07) is 19.5. The molecule has 0 aliphatic carbocycles. The summed E-state index contributed by atoms with van der Waals surface area (Å²) < 4.78 is 9.65. The smallest absolute Gasteiger partial charge is 0.446 e. The molecule has 0 heterocycles. The van der Waals surface area contributed by atoms with Crippen molar-refractivity contribution in [3.8, 4) is 5.75 Å². The Morgan fingerprint density at radius 3 is 2.30 bits per heavy atom. The average molecular weight is 484 g/mol. The van der Waals surface area contributed by atoms with Gasteiger partial charge in [0.2, 0.25) is 0 Å². The van der Waals surface area contributed by atoms with Crippen LogP contribution in [0.25, 0.3) is 0 Å². The number of rotatable bonds is 9. The Labute approximate surface area is 192 Å². The topological polar surface area (TPSA) is 54.4 Å². The molecule has 0 aliphatic heterocycles. The van der Waals surface area contributed by atoms with E-state index in [0.717, 1.165) is 5.56 Å². The SMILES string of the molecule is CCP(=S)(Oc1ccccc1)N(Cc1ccccc1)SN(C)C(=O)ON=C(C)SC. The molecule has 6 nitrogen and oxygen atoms in total. The largest absolute Gasteiger partial charge is 0.452 e. The van der Waals surface area contributed by atoms with Gasteiger partial charge in [0.1, 0.15) is 10.8 Å². The number of nitrogens with zero attached hydrogens (tertiary/aromatic N) is 3. The van der Waals surface area contributed by atoms with Gasteiger partial charge in [0.25, 0.3) is 0 Å². The van der Waals surface area contributed by atoms with Gasteiger partial charge in [0, 0.05) is 19.8 Å². The molecule has 0 N–H and O–H groups in total. The number of carbonyl (C=O) groups is 1. The molecule has 0 saturated heterocycles. The van der Waals surface area contributed by atoms with Crippen LogP contribution in [0.15, 0.2) is 65.8 Å². The predicted octanol–water partition coefficient (Wildman–Crippen LogP) is 6.23. The Kier molecular flexibility index (Phi) is 10.2. The van der Waals surface area contributed by atoms with E-state index >= 15 is 0 Å². The second-order valence-corrected chi connectivity index (χ2v) is 12.8. The van der Waals surface area contributed by atoms with Crippen LogP contribution < -0.4 is 4.52 Å². The van der Waals surface area contributed by atoms with Crippen LogP contribution in [-0.4, -0.2) is 39.0 Å². The monoisotopic (exact) mass is 483 g/mol. The number of oxime groups is 1. The van der Waals surface area contributed by atoms with Gasteiger partial charge in [-0.25, -0.2) is 9.10 Å². The van der Waals surface area contributed by atoms with Crippen molar-refractivity contribution in [2.75, 3.05) is 19.5 Å². The van der Waals surface area contributed by atoms with Gasteiger partial charge in [0.15, 0.2) is 6.42 Å². The molecular weight excluding hydrogens is 457 g/mol. The summed E-state index contributed by atoms with van der Waals surface area (Å²) in [6.07, 6.45) is -0.580. The van der Waals surface area contributed by atoms with Crippen molar-refractivity contribution in [2.24, 2.45) is 5.16 Å². The van der Waals surface area contributed by atoms with Crippen molar-refractivity contribution < 1.29 is 14.2 Å². The highest BCUT2D eigenvalue weighted by Crippen LogP contribution is 2.55. The second kappa shape index (κ2) is 12.4. The molecule has 1 atom stereocenters. The Balaban J connectivity index is 2.24. The van der Waals surface area contributed by atoms with E-state index in [1.54, 1.807) is 14.0 Å². The summed E-state index contributed by atoms with van der Waals surface area (Å²) in [5.41, 5.74) is 1.07. The molecule has 0 aliphatic rings. The molecule has 0 spiro atoms. The maximum atomic E-state index is 12.4. The molecular formula is C20H26N3O3PS3. The Bertz CT molecular complexity index is 885. The van der Waals surface area contributed by atoms with Crippen LogP contribution in [0.1, 0.15) is 19.4 Å². The van der Waals surface area contributed by atoms with Gasteiger partial charge in [0.05, 0.1) is 12.1 Å². The fourth-order valence-corrected chi connectivity index (χ4v) is 6.21. The first-order valence-electron chi connectivity index (χ1n) is 9.25. The highest BCUT2D eigenvalue weighted by Gasteiger charge is 2.31. The maximum absolute atomic E-state index is 12.4. The summed E-state index contributed by atoms with van der Waals surface area (Å²) >= 11 is 8.62. The van der Waals surface area contributed by atoms with Crippen molar-refractivity contribution in [2.45, 2.75) is 20.4 Å². The lowest BCUT2D eigenvalue weighted by molar-refractivity contribution is 0.137. The number of hydrogen-bond acceptors (Lipinski definition) is 7. The number of hydrogen-bond donors (Lipinski definition) is 0. The van der Waals surface area contributed by atoms with E-state index in [0.29, 0.717) is 23.5 Å². The lowest BCUT2D eigenvalue weighted by atomic mass is 10.2. The Hall–Kier alpha value is -1.51. The standard InChI is InChI=1S/C20H26N3O3PS3/c1-5-27(28,26-19-14-10-7-11-15-19)23(16-18-12-8-6-9-13-18)30-22(3)20(24)25-21-17(2)29-4/h6-15H,5,16H2,1-4H3. The molecule has 0 bridgehead atoms. The molecule has 1 amide bonds. The Morgan fingerprint density at radius 1 is 1.13 bits per heavy atom. The van der Waals surface area contributed by atoms with E-state index in [-0.39, 0.29) is 0 Å². The van der Waals surface area contributed by atoms with Gasteiger partial charge in [-0.2, -0.15) is 4.08 Å². The van der Waals surface area contributed by atoms with E-state index in [2.05, 4.69) is 5.16 Å². The molecule has 0 fully saturated rings. The normalized spacial score (nSPS) is 13.6. The molecule has 0 radical (unpaired) electrons. The van der Waals surface area contributed by atoms with Gasteiger partial charge in [-0.15, -0.1) is 11.8 Å². The average Bonchev–Trinajstić information content (AvgIpc) is 2.77. The zero-order valence-electron chi connectivity index (χ0n) is 17.4. The zero-order chi connectivity index (χ0) is 22.0. The van der Waals surface area contributed by atoms with Crippen LogP contribution >= 0.6 is 30.3 Å². The number of benzene rings is 2. The lowest BCUT2D eigenvalue weighted by Gasteiger charge is -2.34. The van der Waals surface area contributed by atoms with Crippen LogP contribution in [0, 0.1) is 0 Å². The molecule has 10 heteroatoms. The fourth-order valence-electron chi connectivity index (χ4n) is 2.22. The zero-order valence-corrected chi connectivity index (χ0v) is 20.8. The van der Waals surface area contributed by atoms with Crippen LogP contribution in [0.3, 0.4) is 0 Å². The van der Waals surface area contributed by atoms with Crippen molar-refractivity contribution in [1.29, 1.82) is 0 Å². The number of thioether (sulfide) groups is 1. The molecule has 0 aromatic heterocycles. The summed E-state index contributed by atoms with van der Waals surface area (Å²) in [5, 5.41) is 4.47. The summed E-state index contributed by atoms with van der Waals surface area (Å²) in [6.45, 7) is 4.30. The Morgan fingerprint density at radius 2 is 1.73 bits per heavy atom. The number of amides is 1. The molecule has 2 aromatic rings. The fraction of sp³-hybridized carbons (Fsp3) is 0.300. The first-order valence-corrected chi connectivity index (χ1v) is 14.1. The quantitative estimate of drug-likeness (QED) is 0.105. The predicted molar refractivity (Wildman–Crippen MR) is 132 cm³/mol. The first-order chi connectivity index (χ1) is 14.4. The van der Waals surface area contributed by atoms with Crippen molar-refractivity contribution in [3.63, 3.8) is 0 Å². The molecule has 2 aromatic carbocycles.